The van der Waals surface area contributed by atoms with Crippen LogP contribution in [0.25, 0.3) is 0 Å². The van der Waals surface area contributed by atoms with Gasteiger partial charge in [-0.3, -0.25) is 0 Å². The zero-order valence-corrected chi connectivity index (χ0v) is 8.53. The second-order valence-electron chi connectivity index (χ2n) is 4.26. The van der Waals surface area contributed by atoms with Gasteiger partial charge in [0.1, 0.15) is 5.75 Å². The van der Waals surface area contributed by atoms with E-state index < -0.39 is 0 Å². The maximum Gasteiger partial charge on any atom is 0.115 e. The Labute approximate surface area is 85.1 Å². The van der Waals surface area contributed by atoms with Gasteiger partial charge in [0.15, 0.2) is 0 Å². The van der Waals surface area contributed by atoms with Crippen molar-refractivity contribution in [1.29, 1.82) is 0 Å². The number of hydrogen-bond acceptors (Lipinski definition) is 1. The van der Waals surface area contributed by atoms with Gasteiger partial charge in [0.2, 0.25) is 0 Å². The average Bonchev–Trinajstić information content (AvgIpc) is 2.19. The largest absolute Gasteiger partial charge is 0.508 e. The van der Waals surface area contributed by atoms with Gasteiger partial charge in [0, 0.05) is 5.41 Å². The minimum absolute atomic E-state index is 0.173. The highest BCUT2D eigenvalue weighted by molar-refractivity contribution is 5.35. The molecule has 0 saturated heterocycles. The number of allylic oxidation sites excluding steroid dienone is 2. The van der Waals surface area contributed by atoms with E-state index in [1.54, 1.807) is 12.1 Å². The van der Waals surface area contributed by atoms with Gasteiger partial charge in [-0.05, 0) is 37.0 Å². The van der Waals surface area contributed by atoms with Crippen LogP contribution in [0.3, 0.4) is 0 Å². The molecule has 2 rings (SSSR count). The van der Waals surface area contributed by atoms with E-state index >= 15 is 0 Å². The van der Waals surface area contributed by atoms with E-state index in [1.807, 2.05) is 12.1 Å². The Bertz CT molecular complexity index is 337. The first kappa shape index (κ1) is 9.32. The van der Waals surface area contributed by atoms with Crippen molar-refractivity contribution in [2.24, 2.45) is 0 Å². The average molecular weight is 188 g/mol. The zero-order valence-electron chi connectivity index (χ0n) is 8.53. The van der Waals surface area contributed by atoms with E-state index in [-0.39, 0.29) is 5.41 Å². The molecule has 0 heterocycles. The number of hydrogen-bond donors (Lipinski definition) is 1. The fraction of sp³-hybridized carbons (Fsp3) is 0.385. The van der Waals surface area contributed by atoms with E-state index in [4.69, 9.17) is 0 Å². The Morgan fingerprint density at radius 2 is 1.93 bits per heavy atom. The maximum atomic E-state index is 9.22. The van der Waals surface area contributed by atoms with E-state index in [0.29, 0.717) is 5.75 Å². The van der Waals surface area contributed by atoms with Crippen LogP contribution in [0.1, 0.15) is 31.7 Å². The van der Waals surface area contributed by atoms with E-state index in [9.17, 15) is 5.11 Å². The van der Waals surface area contributed by atoms with Gasteiger partial charge in [0.25, 0.3) is 0 Å². The maximum absolute atomic E-state index is 9.22. The van der Waals surface area contributed by atoms with E-state index in [2.05, 4.69) is 19.1 Å². The molecule has 1 N–H and O–H groups in total. The van der Waals surface area contributed by atoms with Gasteiger partial charge in [-0.2, -0.15) is 0 Å². The third-order valence-corrected chi connectivity index (χ3v) is 3.08. The highest BCUT2D eigenvalue weighted by atomic mass is 16.3. The topological polar surface area (TPSA) is 20.2 Å². The minimum Gasteiger partial charge on any atom is -0.508 e. The van der Waals surface area contributed by atoms with Gasteiger partial charge in [0.05, 0.1) is 0 Å². The molecule has 14 heavy (non-hydrogen) atoms. The molecule has 0 bridgehead atoms. The van der Waals surface area contributed by atoms with Crippen LogP contribution in [0, 0.1) is 0 Å². The number of aromatic hydroxyl groups is 1. The van der Waals surface area contributed by atoms with Crippen molar-refractivity contribution in [2.45, 2.75) is 31.6 Å². The number of rotatable bonds is 1. The predicted molar refractivity (Wildman–Crippen MR) is 58.4 cm³/mol. The van der Waals surface area contributed by atoms with Crippen LogP contribution in [0.4, 0.5) is 0 Å². The zero-order chi connectivity index (χ0) is 10.0. The van der Waals surface area contributed by atoms with Gasteiger partial charge >= 0.3 is 0 Å². The summed E-state index contributed by atoms with van der Waals surface area (Å²) in [6.07, 6.45) is 8.22. The van der Waals surface area contributed by atoms with Gasteiger partial charge in [-0.15, -0.1) is 0 Å². The van der Waals surface area contributed by atoms with Gasteiger partial charge < -0.3 is 5.11 Å². The molecule has 0 radical (unpaired) electrons. The number of benzene rings is 1. The summed E-state index contributed by atoms with van der Waals surface area (Å²) in [5.41, 5.74) is 1.47. The third-order valence-electron chi connectivity index (χ3n) is 3.08. The monoisotopic (exact) mass is 188 g/mol. The molecule has 0 saturated carbocycles. The third kappa shape index (κ3) is 1.67. The summed E-state index contributed by atoms with van der Waals surface area (Å²) in [5.74, 6) is 0.345. The molecule has 1 unspecified atom stereocenters. The van der Waals surface area contributed by atoms with Crippen LogP contribution in [0.15, 0.2) is 36.4 Å². The molecular formula is C13H16O. The first-order chi connectivity index (χ1) is 6.71. The summed E-state index contributed by atoms with van der Waals surface area (Å²) in [6, 6.07) is 7.57. The van der Waals surface area contributed by atoms with Gasteiger partial charge in [-0.25, -0.2) is 0 Å². The van der Waals surface area contributed by atoms with E-state index in [1.165, 1.54) is 24.8 Å². The van der Waals surface area contributed by atoms with E-state index in [0.717, 1.165) is 0 Å². The van der Waals surface area contributed by atoms with Crippen LogP contribution in [-0.2, 0) is 5.41 Å². The highest BCUT2D eigenvalue weighted by Gasteiger charge is 2.24. The number of phenols is 1. The fourth-order valence-electron chi connectivity index (χ4n) is 2.10. The summed E-state index contributed by atoms with van der Waals surface area (Å²) in [4.78, 5) is 0. The van der Waals surface area contributed by atoms with Crippen LogP contribution >= 0.6 is 0 Å². The van der Waals surface area contributed by atoms with Crippen molar-refractivity contribution in [3.05, 3.63) is 42.0 Å². The summed E-state index contributed by atoms with van der Waals surface area (Å²) in [6.45, 7) is 2.26. The molecule has 74 valence electrons. The SMILES string of the molecule is CC1(c2ccc(O)cc2)C=CCCC1. The Morgan fingerprint density at radius 1 is 1.21 bits per heavy atom. The molecule has 1 aromatic carbocycles. The van der Waals surface area contributed by atoms with Crippen LogP contribution in [0.2, 0.25) is 0 Å². The smallest absolute Gasteiger partial charge is 0.115 e. The van der Waals surface area contributed by atoms with Crippen molar-refractivity contribution in [1.82, 2.24) is 0 Å². The summed E-state index contributed by atoms with van der Waals surface area (Å²) in [5, 5.41) is 9.22. The second-order valence-corrected chi connectivity index (χ2v) is 4.26. The first-order valence-electron chi connectivity index (χ1n) is 5.18. The lowest BCUT2D eigenvalue weighted by atomic mass is 9.75. The Morgan fingerprint density at radius 3 is 2.50 bits per heavy atom. The highest BCUT2D eigenvalue weighted by Crippen LogP contribution is 2.34. The molecular weight excluding hydrogens is 172 g/mol. The number of phenolic OH excluding ortho intramolecular Hbond substituents is 1. The van der Waals surface area contributed by atoms with Crippen molar-refractivity contribution < 1.29 is 5.11 Å². The summed E-state index contributed by atoms with van der Waals surface area (Å²) < 4.78 is 0. The van der Waals surface area contributed by atoms with Gasteiger partial charge in [-0.1, -0.05) is 31.2 Å². The minimum atomic E-state index is 0.173. The molecule has 0 amide bonds. The summed E-state index contributed by atoms with van der Waals surface area (Å²) in [7, 11) is 0. The molecule has 1 aromatic rings. The Hall–Kier alpha value is -1.24. The molecule has 0 aliphatic heterocycles. The summed E-state index contributed by atoms with van der Waals surface area (Å²) >= 11 is 0. The molecule has 1 atom stereocenters. The lowest BCUT2D eigenvalue weighted by molar-refractivity contribution is 0.471. The van der Waals surface area contributed by atoms with Crippen LogP contribution in [-0.4, -0.2) is 5.11 Å². The predicted octanol–water partition coefficient (Wildman–Crippen LogP) is 3.39. The quantitative estimate of drug-likeness (QED) is 0.670. The van der Waals surface area contributed by atoms with Crippen molar-refractivity contribution in [3.8, 4) is 5.75 Å². The standard InChI is InChI=1S/C13H16O/c1-13(9-3-2-4-10-13)11-5-7-12(14)8-6-11/h3,5-9,14H,2,4,10H2,1H3. The molecule has 0 aromatic heterocycles. The van der Waals surface area contributed by atoms with Crippen LogP contribution < -0.4 is 0 Å². The first-order valence-corrected chi connectivity index (χ1v) is 5.18. The fourth-order valence-corrected chi connectivity index (χ4v) is 2.10. The van der Waals surface area contributed by atoms with Crippen molar-refractivity contribution >= 4 is 0 Å². The molecule has 1 nitrogen and oxygen atoms in total. The molecule has 0 fully saturated rings. The Kier molecular flexibility index (Phi) is 2.32. The molecule has 0 spiro atoms. The van der Waals surface area contributed by atoms with Crippen molar-refractivity contribution in [2.75, 3.05) is 0 Å². The normalized spacial score (nSPS) is 26.4. The molecule has 1 aliphatic rings. The van der Waals surface area contributed by atoms with Crippen molar-refractivity contribution in [3.63, 3.8) is 0 Å². The lowest BCUT2D eigenvalue weighted by Gasteiger charge is -2.29. The molecule has 1 aliphatic carbocycles. The lowest BCUT2D eigenvalue weighted by Crippen LogP contribution is -2.20. The Balaban J connectivity index is 2.33. The molecule has 1 heteroatoms. The van der Waals surface area contributed by atoms with Crippen LogP contribution in [0.5, 0.6) is 5.75 Å². The second kappa shape index (κ2) is 3.49.